The average Bonchev–Trinajstić information content (AvgIpc) is 3.04. The van der Waals surface area contributed by atoms with E-state index in [4.69, 9.17) is 16.9 Å². The zero-order chi connectivity index (χ0) is 16.3. The summed E-state index contributed by atoms with van der Waals surface area (Å²) in [5.74, 6) is -0.653. The Labute approximate surface area is 141 Å². The van der Waals surface area contributed by atoms with Gasteiger partial charge in [0.05, 0.1) is 6.42 Å². The van der Waals surface area contributed by atoms with E-state index in [2.05, 4.69) is 30.3 Å². The highest BCUT2D eigenvalue weighted by Gasteiger charge is 2.35. The van der Waals surface area contributed by atoms with Crippen LogP contribution < -0.4 is 10.6 Å². The van der Waals surface area contributed by atoms with Crippen LogP contribution in [0.25, 0.3) is 0 Å². The van der Waals surface area contributed by atoms with E-state index in [0.29, 0.717) is 0 Å². The van der Waals surface area contributed by atoms with E-state index in [0.717, 1.165) is 6.42 Å². The van der Waals surface area contributed by atoms with Gasteiger partial charge >= 0.3 is 5.97 Å². The Balaban J connectivity index is 2.00. The summed E-state index contributed by atoms with van der Waals surface area (Å²) in [6.45, 7) is 0. The lowest BCUT2D eigenvalue weighted by Gasteiger charge is -2.29. The number of benzene rings is 2. The van der Waals surface area contributed by atoms with Crippen molar-refractivity contribution in [3.8, 4) is 0 Å². The lowest BCUT2D eigenvalue weighted by molar-refractivity contribution is -0.137. The van der Waals surface area contributed by atoms with Crippen molar-refractivity contribution in [2.45, 2.75) is 18.5 Å². The Morgan fingerprint density at radius 2 is 1.52 bits per heavy atom. The van der Waals surface area contributed by atoms with E-state index in [1.807, 2.05) is 42.5 Å². The maximum absolute atomic E-state index is 11.0. The molecule has 0 bridgehead atoms. The molecule has 1 N–H and O–H groups in total. The molecule has 2 aromatic carbocycles. The maximum Gasteiger partial charge on any atom is 0.303 e. The fourth-order valence-electron chi connectivity index (χ4n) is 3.23. The molecule has 4 heteroatoms. The molecule has 0 radical (unpaired) electrons. The quantitative estimate of drug-likeness (QED) is 0.667. The minimum absolute atomic E-state index is 0.0900. The molecule has 0 fully saturated rings. The number of aliphatic carboxylic acids is 1. The van der Waals surface area contributed by atoms with Crippen LogP contribution in [0.1, 0.15) is 12.8 Å². The van der Waals surface area contributed by atoms with Gasteiger partial charge in [0.2, 0.25) is 0 Å². The van der Waals surface area contributed by atoms with Gasteiger partial charge in [0.15, 0.2) is 0 Å². The molecule has 0 spiro atoms. The molecule has 0 aromatic heterocycles. The predicted molar refractivity (Wildman–Crippen MR) is 99.7 cm³/mol. The average molecular weight is 342 g/mol. The third-order valence-electron chi connectivity index (χ3n) is 4.33. The molecular formula is C19H19O2PS. The van der Waals surface area contributed by atoms with Crippen LogP contribution >= 0.6 is 6.04 Å². The summed E-state index contributed by atoms with van der Waals surface area (Å²) in [6.07, 6.45) is 5.22. The topological polar surface area (TPSA) is 37.3 Å². The standard InChI is InChI=1S/C19H19O2PS/c20-19(21)14-15-11-12-18(13-15)22(23,16-7-3-1-4-8-16)17-9-5-2-6-10-17/h1-12,15,18H,13-14H2,(H,20,21)/t15-,18+/m1/s1. The van der Waals surface area contributed by atoms with Crippen molar-refractivity contribution in [1.82, 2.24) is 0 Å². The lowest BCUT2D eigenvalue weighted by atomic mass is 10.1. The summed E-state index contributed by atoms with van der Waals surface area (Å²) in [5.41, 5.74) is 0.228. The second-order valence-corrected chi connectivity index (χ2v) is 10.6. The minimum Gasteiger partial charge on any atom is -0.481 e. The third kappa shape index (κ3) is 3.31. The molecular weight excluding hydrogens is 323 g/mol. The van der Waals surface area contributed by atoms with Gasteiger partial charge in [0.25, 0.3) is 0 Å². The number of hydrogen-bond donors (Lipinski definition) is 1. The van der Waals surface area contributed by atoms with E-state index < -0.39 is 12.0 Å². The summed E-state index contributed by atoms with van der Waals surface area (Å²) in [5, 5.41) is 11.4. The van der Waals surface area contributed by atoms with Gasteiger partial charge in [0.1, 0.15) is 0 Å². The van der Waals surface area contributed by atoms with Crippen LogP contribution in [0.15, 0.2) is 72.8 Å². The molecule has 118 valence electrons. The van der Waals surface area contributed by atoms with Crippen LogP contribution in [0.3, 0.4) is 0 Å². The van der Waals surface area contributed by atoms with Crippen molar-refractivity contribution in [3.05, 3.63) is 72.8 Å². The first-order chi connectivity index (χ1) is 11.1. The maximum atomic E-state index is 11.0. The lowest BCUT2D eigenvalue weighted by Crippen LogP contribution is -2.24. The molecule has 2 aromatic rings. The van der Waals surface area contributed by atoms with Gasteiger partial charge in [-0.15, -0.1) is 0 Å². The second-order valence-electron chi connectivity index (χ2n) is 5.87. The number of carbonyl (C=O) groups is 1. The molecule has 23 heavy (non-hydrogen) atoms. The summed E-state index contributed by atoms with van der Waals surface area (Å²) >= 11 is 6.27. The van der Waals surface area contributed by atoms with E-state index in [1.165, 1.54) is 10.6 Å². The Bertz CT molecular complexity index is 712. The highest BCUT2D eigenvalue weighted by molar-refractivity contribution is 8.22. The van der Waals surface area contributed by atoms with Crippen molar-refractivity contribution in [2.75, 3.05) is 0 Å². The molecule has 0 saturated heterocycles. The summed E-state index contributed by atoms with van der Waals surface area (Å²) in [7, 11) is 0. The minimum atomic E-state index is -2.00. The van der Waals surface area contributed by atoms with Crippen molar-refractivity contribution in [1.29, 1.82) is 0 Å². The van der Waals surface area contributed by atoms with E-state index in [1.54, 1.807) is 0 Å². The number of hydrogen-bond acceptors (Lipinski definition) is 2. The van der Waals surface area contributed by atoms with Crippen molar-refractivity contribution < 1.29 is 9.90 Å². The molecule has 0 aliphatic heterocycles. The largest absolute Gasteiger partial charge is 0.481 e. The van der Waals surface area contributed by atoms with Gasteiger partial charge in [-0.05, 0) is 22.9 Å². The number of carboxylic acids is 1. The highest BCUT2D eigenvalue weighted by Crippen LogP contribution is 2.54. The molecule has 0 amide bonds. The SMILES string of the molecule is O=C(O)C[C@@H]1C=C[C@H](P(=S)(c2ccccc2)c2ccccc2)C1. The van der Waals surface area contributed by atoms with E-state index in [9.17, 15) is 4.79 Å². The molecule has 1 aliphatic carbocycles. The fourth-order valence-corrected chi connectivity index (χ4v) is 7.63. The van der Waals surface area contributed by atoms with Gasteiger partial charge in [-0.25, -0.2) is 0 Å². The van der Waals surface area contributed by atoms with Crippen LogP contribution in [0.5, 0.6) is 0 Å². The first kappa shape index (κ1) is 16.2. The monoisotopic (exact) mass is 342 g/mol. The van der Waals surface area contributed by atoms with Crippen molar-refractivity contribution >= 4 is 34.4 Å². The van der Waals surface area contributed by atoms with Crippen LogP contribution in [-0.4, -0.2) is 16.7 Å². The van der Waals surface area contributed by atoms with Gasteiger partial charge in [-0.3, -0.25) is 4.79 Å². The van der Waals surface area contributed by atoms with Crippen LogP contribution in [-0.2, 0) is 16.6 Å². The van der Waals surface area contributed by atoms with Crippen molar-refractivity contribution in [3.63, 3.8) is 0 Å². The van der Waals surface area contributed by atoms with E-state index in [-0.39, 0.29) is 18.0 Å². The van der Waals surface area contributed by atoms with Gasteiger partial charge in [-0.1, -0.05) is 84.6 Å². The zero-order valence-corrected chi connectivity index (χ0v) is 14.4. The van der Waals surface area contributed by atoms with Crippen LogP contribution in [0, 0.1) is 5.92 Å². The molecule has 2 nitrogen and oxygen atoms in total. The highest BCUT2D eigenvalue weighted by atomic mass is 32.4. The number of rotatable bonds is 5. The van der Waals surface area contributed by atoms with Crippen LogP contribution in [0.2, 0.25) is 0 Å². The first-order valence-corrected chi connectivity index (χ1v) is 10.6. The predicted octanol–water partition coefficient (Wildman–Crippen LogP) is 3.54. The smallest absolute Gasteiger partial charge is 0.303 e. The molecule has 3 rings (SSSR count). The Morgan fingerprint density at radius 3 is 2.00 bits per heavy atom. The number of carboxylic acid groups (broad SMARTS) is 1. The van der Waals surface area contributed by atoms with Gasteiger partial charge < -0.3 is 5.11 Å². The molecule has 1 aliphatic rings. The van der Waals surface area contributed by atoms with E-state index >= 15 is 0 Å². The normalized spacial score (nSPS) is 20.5. The first-order valence-electron chi connectivity index (χ1n) is 7.72. The molecule has 2 atom stereocenters. The van der Waals surface area contributed by atoms with Gasteiger partial charge in [-0.2, -0.15) is 0 Å². The molecule has 0 unspecified atom stereocenters. The summed E-state index contributed by atoms with van der Waals surface area (Å²) in [4.78, 5) is 11.0. The van der Waals surface area contributed by atoms with Crippen molar-refractivity contribution in [2.24, 2.45) is 5.92 Å². The Kier molecular flexibility index (Phi) is 4.79. The van der Waals surface area contributed by atoms with Crippen LogP contribution in [0.4, 0.5) is 0 Å². The summed E-state index contributed by atoms with van der Waals surface area (Å²) < 4.78 is 0. The number of allylic oxidation sites excluding steroid dienone is 2. The molecule has 0 heterocycles. The Hall–Kier alpha value is -1.70. The van der Waals surface area contributed by atoms with Gasteiger partial charge in [0, 0.05) is 11.7 Å². The summed E-state index contributed by atoms with van der Waals surface area (Å²) in [6, 6.07) is 18.6. The second kappa shape index (κ2) is 6.82. The zero-order valence-electron chi connectivity index (χ0n) is 12.7. The third-order valence-corrected chi connectivity index (χ3v) is 9.86. The Morgan fingerprint density at radius 1 is 1.00 bits per heavy atom. The molecule has 0 saturated carbocycles. The fraction of sp³-hybridized carbons (Fsp3) is 0.211.